The molecule has 0 saturated carbocycles. The van der Waals surface area contributed by atoms with Crippen LogP contribution in [0.15, 0.2) is 11.5 Å². The van der Waals surface area contributed by atoms with Gasteiger partial charge in [-0.25, -0.2) is 14.4 Å². The molecule has 13 nitrogen and oxygen atoms in total. The monoisotopic (exact) mass is 784 g/mol. The van der Waals surface area contributed by atoms with E-state index in [0.29, 0.717) is 12.8 Å². The van der Waals surface area contributed by atoms with E-state index < -0.39 is 72.4 Å². The number of hydrogen-bond acceptors (Lipinski definition) is 12. The second-order valence-corrected chi connectivity index (χ2v) is 14.9. The second kappa shape index (κ2) is 31.8. The normalized spacial score (nSPS) is 15.7. The Morgan fingerprint density at radius 1 is 0.582 bits per heavy atom. The Morgan fingerprint density at radius 3 is 1.25 bits per heavy atom. The van der Waals surface area contributed by atoms with E-state index in [1.54, 1.807) is 0 Å². The topological polar surface area (TPSA) is 203 Å². The van der Waals surface area contributed by atoms with Crippen LogP contribution in [0.25, 0.3) is 0 Å². The van der Waals surface area contributed by atoms with Crippen molar-refractivity contribution in [3.63, 3.8) is 0 Å². The molecule has 318 valence electrons. The first kappa shape index (κ1) is 49.7. The third-order valence-corrected chi connectivity index (χ3v) is 9.92. The first-order chi connectivity index (χ1) is 26.5. The number of carbonyl (C=O) groups excluding carboxylic acids is 4. The van der Waals surface area contributed by atoms with Gasteiger partial charge in [-0.05, 0) is 12.8 Å². The van der Waals surface area contributed by atoms with Gasteiger partial charge in [-0.15, -0.1) is 0 Å². The first-order valence-corrected chi connectivity index (χ1v) is 21.3. The second-order valence-electron chi connectivity index (χ2n) is 14.9. The summed E-state index contributed by atoms with van der Waals surface area (Å²) in [4.78, 5) is 62.4. The van der Waals surface area contributed by atoms with Crippen molar-refractivity contribution in [1.82, 2.24) is 0 Å². The molecule has 0 amide bonds. The SMILES string of the molecule is CCCCCCCCCCCCCCCC(=O)O[C@@H](C(=O)O)[C@@H](OC(=O)CCCCCCCCCCCCCCC)C(=O)OC[C@H](O)[C@H]1OC(=O)C(O)=C1O. The van der Waals surface area contributed by atoms with Gasteiger partial charge >= 0.3 is 29.8 Å². The van der Waals surface area contributed by atoms with Crippen molar-refractivity contribution in [3.8, 4) is 0 Å². The largest absolute Gasteiger partial charge is 0.505 e. The lowest BCUT2D eigenvalue weighted by molar-refractivity contribution is -0.191. The number of hydrogen-bond donors (Lipinski definition) is 4. The van der Waals surface area contributed by atoms with Gasteiger partial charge in [0.1, 0.15) is 12.7 Å². The summed E-state index contributed by atoms with van der Waals surface area (Å²) in [5, 5.41) is 39.6. The fourth-order valence-electron chi connectivity index (χ4n) is 6.51. The van der Waals surface area contributed by atoms with Crippen molar-refractivity contribution in [2.45, 2.75) is 218 Å². The number of carboxylic acid groups (broad SMARTS) is 1. The molecule has 4 atom stereocenters. The lowest BCUT2D eigenvalue weighted by Gasteiger charge is -2.24. The predicted octanol–water partition coefficient (Wildman–Crippen LogP) is 9.01. The highest BCUT2D eigenvalue weighted by atomic mass is 16.6. The van der Waals surface area contributed by atoms with Crippen LogP contribution in [0.4, 0.5) is 0 Å². The van der Waals surface area contributed by atoms with Crippen LogP contribution < -0.4 is 0 Å². The number of unbranched alkanes of at least 4 members (excludes halogenated alkanes) is 24. The Morgan fingerprint density at radius 2 is 0.927 bits per heavy atom. The number of ether oxygens (including phenoxy) is 4. The van der Waals surface area contributed by atoms with Crippen molar-refractivity contribution >= 4 is 29.8 Å². The number of cyclic esters (lactones) is 1. The molecule has 0 aromatic carbocycles. The molecule has 55 heavy (non-hydrogen) atoms. The van der Waals surface area contributed by atoms with Gasteiger partial charge in [0.15, 0.2) is 11.9 Å². The molecular formula is C42H72O13. The van der Waals surface area contributed by atoms with Crippen molar-refractivity contribution in [3.05, 3.63) is 11.5 Å². The van der Waals surface area contributed by atoms with E-state index in [1.807, 2.05) is 0 Å². The molecular weight excluding hydrogens is 712 g/mol. The number of esters is 4. The van der Waals surface area contributed by atoms with Gasteiger partial charge in [0.2, 0.25) is 18.0 Å². The highest BCUT2D eigenvalue weighted by Gasteiger charge is 2.43. The van der Waals surface area contributed by atoms with E-state index in [2.05, 4.69) is 18.6 Å². The molecule has 0 radical (unpaired) electrons. The molecule has 0 saturated heterocycles. The Kier molecular flexibility index (Phi) is 28.7. The summed E-state index contributed by atoms with van der Waals surface area (Å²) in [6.45, 7) is 3.48. The lowest BCUT2D eigenvalue weighted by atomic mass is 10.0. The van der Waals surface area contributed by atoms with E-state index in [9.17, 15) is 44.4 Å². The van der Waals surface area contributed by atoms with Crippen LogP contribution in [0.5, 0.6) is 0 Å². The Bertz CT molecular complexity index is 1120. The van der Waals surface area contributed by atoms with Gasteiger partial charge in [-0.2, -0.15) is 0 Å². The fourth-order valence-corrected chi connectivity index (χ4v) is 6.51. The highest BCUT2D eigenvalue weighted by Crippen LogP contribution is 2.22. The maximum atomic E-state index is 13.1. The highest BCUT2D eigenvalue weighted by molar-refractivity contribution is 5.89. The summed E-state index contributed by atoms with van der Waals surface area (Å²) in [5.41, 5.74) is 0. The zero-order chi connectivity index (χ0) is 40.7. The van der Waals surface area contributed by atoms with Crippen LogP contribution in [0, 0.1) is 0 Å². The van der Waals surface area contributed by atoms with Crippen LogP contribution in [0.3, 0.4) is 0 Å². The lowest BCUT2D eigenvalue weighted by Crippen LogP contribution is -2.47. The molecule has 0 aromatic rings. The summed E-state index contributed by atoms with van der Waals surface area (Å²) < 4.78 is 20.0. The molecule has 1 heterocycles. The van der Waals surface area contributed by atoms with Crippen molar-refractivity contribution < 1.29 is 63.3 Å². The van der Waals surface area contributed by atoms with E-state index in [1.165, 1.54) is 103 Å². The molecule has 0 bridgehead atoms. The fraction of sp³-hybridized carbons (Fsp3) is 0.833. The third-order valence-electron chi connectivity index (χ3n) is 9.92. The minimum atomic E-state index is -2.23. The van der Waals surface area contributed by atoms with Crippen LogP contribution in [-0.4, -0.2) is 81.3 Å². The number of carboxylic acids is 1. The number of aliphatic carboxylic acids is 1. The number of rotatable bonds is 36. The first-order valence-electron chi connectivity index (χ1n) is 21.3. The number of aliphatic hydroxyl groups is 3. The molecule has 1 rings (SSSR count). The van der Waals surface area contributed by atoms with Gasteiger partial charge in [-0.3, -0.25) is 9.59 Å². The van der Waals surface area contributed by atoms with E-state index in [0.717, 1.165) is 51.4 Å². The number of aliphatic hydroxyl groups excluding tert-OH is 3. The molecule has 0 aromatic heterocycles. The van der Waals surface area contributed by atoms with Crippen molar-refractivity contribution in [2.24, 2.45) is 0 Å². The molecule has 1 aliphatic rings. The minimum Gasteiger partial charge on any atom is -0.505 e. The molecule has 4 N–H and O–H groups in total. The quantitative estimate of drug-likeness (QED) is 0.0266. The van der Waals surface area contributed by atoms with E-state index in [4.69, 9.17) is 14.2 Å². The summed E-state index contributed by atoms with van der Waals surface area (Å²) in [6, 6.07) is 0. The van der Waals surface area contributed by atoms with Gasteiger partial charge in [-0.1, -0.05) is 168 Å². The predicted molar refractivity (Wildman–Crippen MR) is 207 cm³/mol. The van der Waals surface area contributed by atoms with Crippen LogP contribution in [-0.2, 0) is 42.9 Å². The van der Waals surface area contributed by atoms with Gasteiger partial charge in [0.05, 0.1) is 0 Å². The molecule has 1 aliphatic heterocycles. The van der Waals surface area contributed by atoms with Crippen LogP contribution >= 0.6 is 0 Å². The third kappa shape index (κ3) is 23.4. The molecule has 0 unspecified atom stereocenters. The van der Waals surface area contributed by atoms with Gasteiger partial charge in [0, 0.05) is 12.8 Å². The number of carbonyl (C=O) groups is 5. The maximum Gasteiger partial charge on any atom is 0.377 e. The Balaban J connectivity index is 2.60. The van der Waals surface area contributed by atoms with Gasteiger partial charge < -0.3 is 39.4 Å². The maximum absolute atomic E-state index is 13.1. The average Bonchev–Trinajstić information content (AvgIpc) is 3.42. The summed E-state index contributed by atoms with van der Waals surface area (Å²) in [5.74, 6) is -8.34. The molecule has 13 heteroatoms. The van der Waals surface area contributed by atoms with E-state index in [-0.39, 0.29) is 12.8 Å². The average molecular weight is 785 g/mol. The van der Waals surface area contributed by atoms with Crippen molar-refractivity contribution in [1.29, 1.82) is 0 Å². The summed E-state index contributed by atoms with van der Waals surface area (Å²) in [6.07, 6.45) is 20.4. The van der Waals surface area contributed by atoms with Crippen LogP contribution in [0.1, 0.15) is 194 Å². The molecule has 0 aliphatic carbocycles. The minimum absolute atomic E-state index is 0.100. The van der Waals surface area contributed by atoms with E-state index >= 15 is 0 Å². The summed E-state index contributed by atoms with van der Waals surface area (Å²) in [7, 11) is 0. The summed E-state index contributed by atoms with van der Waals surface area (Å²) >= 11 is 0. The molecule has 0 fully saturated rings. The van der Waals surface area contributed by atoms with Crippen LogP contribution in [0.2, 0.25) is 0 Å². The smallest absolute Gasteiger partial charge is 0.377 e. The zero-order valence-electron chi connectivity index (χ0n) is 33.8. The standard InChI is InChI=1S/C42H72O13/c1-3-5-7-9-11-13-15-17-19-21-23-25-27-29-33(44)53-38(40(48)49)39(42(51)52-31-32(43)37-35(46)36(47)41(50)55-37)54-34(45)30-28-26-24-22-20-18-16-14-12-10-8-6-4-2/h32,37-39,43,46-47H,3-31H2,1-2H3,(H,48,49)/t32-,37+,38+,39+/m0/s1. The van der Waals surface area contributed by atoms with Gasteiger partial charge in [0.25, 0.3) is 0 Å². The van der Waals surface area contributed by atoms with Crippen molar-refractivity contribution in [2.75, 3.05) is 6.61 Å². The molecule has 0 spiro atoms. The Hall–Kier alpha value is -3.35. The Labute approximate surface area is 328 Å². The zero-order valence-corrected chi connectivity index (χ0v) is 33.8.